The number of anilines is 1. The summed E-state index contributed by atoms with van der Waals surface area (Å²) >= 11 is 0. The van der Waals surface area contributed by atoms with Gasteiger partial charge in [-0.25, -0.2) is 4.68 Å². The first-order valence-electron chi connectivity index (χ1n) is 8.16. The van der Waals surface area contributed by atoms with Crippen molar-refractivity contribution in [3.8, 4) is 11.8 Å². The van der Waals surface area contributed by atoms with Crippen LogP contribution in [0.2, 0.25) is 0 Å². The molecule has 2 fully saturated rings. The Morgan fingerprint density at radius 3 is 3.00 bits per heavy atom. The van der Waals surface area contributed by atoms with E-state index >= 15 is 0 Å². The summed E-state index contributed by atoms with van der Waals surface area (Å²) in [6.45, 7) is 3.04. The molecule has 124 valence electrons. The third-order valence-electron chi connectivity index (χ3n) is 5.09. The number of rotatable bonds is 4. The molecule has 0 aliphatic carbocycles. The Bertz CT molecular complexity index is 767. The molecule has 1 aromatic heterocycles. The van der Waals surface area contributed by atoms with Crippen molar-refractivity contribution in [3.63, 3.8) is 0 Å². The molecule has 2 aromatic rings. The van der Waals surface area contributed by atoms with Gasteiger partial charge >= 0.3 is 0 Å². The van der Waals surface area contributed by atoms with Crippen molar-refractivity contribution in [3.05, 3.63) is 42.1 Å². The Kier molecular flexibility index (Phi) is 3.75. The number of methoxy groups -OCH3 is 1. The van der Waals surface area contributed by atoms with Gasteiger partial charge in [0, 0.05) is 32.2 Å². The van der Waals surface area contributed by atoms with Crippen LogP contribution in [0.15, 0.2) is 36.5 Å². The van der Waals surface area contributed by atoms with E-state index in [2.05, 4.69) is 16.1 Å². The molecule has 6 heteroatoms. The summed E-state index contributed by atoms with van der Waals surface area (Å²) < 4.78 is 13.3. The van der Waals surface area contributed by atoms with Crippen molar-refractivity contribution < 1.29 is 9.47 Å². The summed E-state index contributed by atoms with van der Waals surface area (Å²) in [7, 11) is 1.74. The zero-order chi connectivity index (χ0) is 16.6. The lowest BCUT2D eigenvalue weighted by Crippen LogP contribution is -2.34. The van der Waals surface area contributed by atoms with E-state index in [9.17, 15) is 5.26 Å². The molecule has 0 amide bonds. The molecule has 4 rings (SSSR count). The minimum Gasteiger partial charge on any atom is -0.384 e. The molecule has 0 radical (unpaired) electrons. The number of hydrogen-bond donors (Lipinski definition) is 0. The van der Waals surface area contributed by atoms with Crippen LogP contribution in [0.4, 0.5) is 5.82 Å². The fourth-order valence-electron chi connectivity index (χ4n) is 3.96. The monoisotopic (exact) mass is 324 g/mol. The van der Waals surface area contributed by atoms with Crippen molar-refractivity contribution in [2.45, 2.75) is 12.5 Å². The van der Waals surface area contributed by atoms with E-state index < -0.39 is 0 Å². The first-order chi connectivity index (χ1) is 11.8. The molecular formula is C18H20N4O2. The van der Waals surface area contributed by atoms with Gasteiger partial charge in [0.15, 0.2) is 5.82 Å². The quantitative estimate of drug-likeness (QED) is 0.860. The molecule has 0 bridgehead atoms. The smallest absolute Gasteiger partial charge is 0.150 e. The molecule has 3 heterocycles. The van der Waals surface area contributed by atoms with Crippen LogP contribution in [0.3, 0.4) is 0 Å². The van der Waals surface area contributed by atoms with Crippen LogP contribution in [0, 0.1) is 16.7 Å². The fourth-order valence-corrected chi connectivity index (χ4v) is 3.96. The minimum atomic E-state index is 0.00721. The van der Waals surface area contributed by atoms with Crippen molar-refractivity contribution in [1.29, 1.82) is 5.26 Å². The maximum atomic E-state index is 9.52. The third-order valence-corrected chi connectivity index (χ3v) is 5.09. The summed E-state index contributed by atoms with van der Waals surface area (Å²) in [4.78, 5) is 2.22. The van der Waals surface area contributed by atoms with E-state index in [-0.39, 0.29) is 11.5 Å². The molecule has 6 nitrogen and oxygen atoms in total. The zero-order valence-electron chi connectivity index (χ0n) is 13.7. The van der Waals surface area contributed by atoms with Gasteiger partial charge in [-0.05, 0) is 18.6 Å². The maximum absolute atomic E-state index is 9.52. The topological polar surface area (TPSA) is 63.3 Å². The molecule has 0 N–H and O–H groups in total. The second-order valence-corrected chi connectivity index (χ2v) is 6.53. The Balaban J connectivity index is 1.73. The predicted octanol–water partition coefficient (Wildman–Crippen LogP) is 1.99. The Morgan fingerprint density at radius 1 is 1.42 bits per heavy atom. The lowest BCUT2D eigenvalue weighted by Gasteiger charge is -2.26. The van der Waals surface area contributed by atoms with Crippen LogP contribution in [-0.2, 0) is 9.47 Å². The van der Waals surface area contributed by atoms with Gasteiger partial charge in [-0.15, -0.1) is 0 Å². The molecule has 2 atom stereocenters. The Labute approximate surface area is 141 Å². The number of nitrogens with zero attached hydrogens (tertiary/aromatic N) is 4. The molecule has 0 spiro atoms. The van der Waals surface area contributed by atoms with Crippen molar-refractivity contribution >= 4 is 5.82 Å². The summed E-state index contributed by atoms with van der Waals surface area (Å²) in [5, 5.41) is 14.0. The van der Waals surface area contributed by atoms with Gasteiger partial charge in [0.05, 0.1) is 24.6 Å². The average Bonchev–Trinajstić information content (AvgIpc) is 3.26. The summed E-state index contributed by atoms with van der Waals surface area (Å²) in [6.07, 6.45) is 2.77. The summed E-state index contributed by atoms with van der Waals surface area (Å²) in [5.74, 6) is 0.845. The molecule has 2 aliphatic heterocycles. The molecule has 1 aromatic carbocycles. The number of aromatic nitrogens is 2. The van der Waals surface area contributed by atoms with Gasteiger partial charge in [0.2, 0.25) is 0 Å². The molecule has 2 saturated heterocycles. The third kappa shape index (κ3) is 2.29. The highest BCUT2D eigenvalue weighted by Crippen LogP contribution is 2.43. The average molecular weight is 324 g/mol. The number of para-hydroxylation sites is 1. The SMILES string of the molecule is COC[C@]12CCO[C@H]1CN(c1c(C#N)cnn1-c1ccccc1)C2. The van der Waals surface area contributed by atoms with Crippen molar-refractivity contribution in [2.24, 2.45) is 5.41 Å². The van der Waals surface area contributed by atoms with Gasteiger partial charge in [0.1, 0.15) is 11.6 Å². The largest absolute Gasteiger partial charge is 0.384 e. The molecule has 24 heavy (non-hydrogen) atoms. The number of ether oxygens (including phenoxy) is 2. The second kappa shape index (κ2) is 5.93. The highest BCUT2D eigenvalue weighted by molar-refractivity contribution is 5.59. The van der Waals surface area contributed by atoms with Crippen molar-refractivity contribution in [2.75, 3.05) is 38.3 Å². The summed E-state index contributed by atoms with van der Waals surface area (Å²) in [6, 6.07) is 12.2. The zero-order valence-corrected chi connectivity index (χ0v) is 13.7. The normalized spacial score (nSPS) is 25.7. The minimum absolute atomic E-state index is 0.00721. The lowest BCUT2D eigenvalue weighted by molar-refractivity contribution is 0.0331. The number of fused-ring (bicyclic) bond motifs is 1. The first-order valence-corrected chi connectivity index (χ1v) is 8.16. The lowest BCUT2D eigenvalue weighted by atomic mass is 9.84. The summed E-state index contributed by atoms with van der Waals surface area (Å²) in [5.41, 5.74) is 1.55. The van der Waals surface area contributed by atoms with Crippen LogP contribution in [0.25, 0.3) is 5.69 Å². The van der Waals surface area contributed by atoms with Crippen LogP contribution in [0.5, 0.6) is 0 Å². The highest BCUT2D eigenvalue weighted by atomic mass is 16.5. The highest BCUT2D eigenvalue weighted by Gasteiger charge is 2.51. The van der Waals surface area contributed by atoms with Crippen LogP contribution in [0.1, 0.15) is 12.0 Å². The van der Waals surface area contributed by atoms with Gasteiger partial charge in [-0.3, -0.25) is 0 Å². The second-order valence-electron chi connectivity index (χ2n) is 6.53. The molecule has 2 aliphatic rings. The van der Waals surface area contributed by atoms with E-state index in [1.54, 1.807) is 13.3 Å². The number of hydrogen-bond acceptors (Lipinski definition) is 5. The molecule has 0 saturated carbocycles. The first kappa shape index (κ1) is 15.2. The molecule has 0 unspecified atom stereocenters. The Morgan fingerprint density at radius 2 is 2.25 bits per heavy atom. The number of benzene rings is 1. The van der Waals surface area contributed by atoms with Gasteiger partial charge in [0.25, 0.3) is 0 Å². The Hall–Kier alpha value is -2.36. The van der Waals surface area contributed by atoms with Gasteiger partial charge in [-0.1, -0.05) is 18.2 Å². The van der Waals surface area contributed by atoms with E-state index in [4.69, 9.17) is 9.47 Å². The molecular weight excluding hydrogens is 304 g/mol. The van der Waals surface area contributed by atoms with E-state index in [1.807, 2.05) is 35.0 Å². The standard InChI is InChI=1S/C18H20N4O2/c1-23-13-18-7-8-24-16(18)11-21(12-18)17-14(9-19)10-20-22(17)15-5-3-2-4-6-15/h2-6,10,16H,7-8,11-13H2,1H3/t16-,18+/m0/s1. The van der Waals surface area contributed by atoms with Crippen LogP contribution < -0.4 is 4.90 Å². The van der Waals surface area contributed by atoms with Crippen LogP contribution >= 0.6 is 0 Å². The van der Waals surface area contributed by atoms with Gasteiger partial charge < -0.3 is 14.4 Å². The van der Waals surface area contributed by atoms with E-state index in [0.717, 1.165) is 37.6 Å². The van der Waals surface area contributed by atoms with Crippen LogP contribution in [-0.4, -0.2) is 49.3 Å². The fraction of sp³-hybridized carbons (Fsp3) is 0.444. The van der Waals surface area contributed by atoms with E-state index in [0.29, 0.717) is 12.2 Å². The van der Waals surface area contributed by atoms with E-state index in [1.165, 1.54) is 0 Å². The van der Waals surface area contributed by atoms with Gasteiger partial charge in [-0.2, -0.15) is 10.4 Å². The number of nitriles is 1. The van der Waals surface area contributed by atoms with Crippen molar-refractivity contribution in [1.82, 2.24) is 9.78 Å². The maximum Gasteiger partial charge on any atom is 0.150 e. The predicted molar refractivity (Wildman–Crippen MR) is 89.2 cm³/mol.